The lowest BCUT2D eigenvalue weighted by atomic mass is 9.93. The van der Waals surface area contributed by atoms with Crippen LogP contribution in [-0.4, -0.2) is 85.0 Å². The molecule has 4 heterocycles. The van der Waals surface area contributed by atoms with Gasteiger partial charge in [0.2, 0.25) is 0 Å². The molecule has 0 radical (unpaired) electrons. The Morgan fingerprint density at radius 2 is 1.97 bits per heavy atom. The van der Waals surface area contributed by atoms with E-state index in [-0.39, 0.29) is 22.7 Å². The SMILES string of the molecule is C[C@@H]1CN(c2nc(NC(=O)c3ccc(S(=O)(=O)CCO)cc3N3CCC4(CC3)CC4)cn3ccnc23)CCO1. The minimum atomic E-state index is -3.67. The van der Waals surface area contributed by atoms with Crippen LogP contribution in [0.4, 0.5) is 17.3 Å². The van der Waals surface area contributed by atoms with Crippen molar-refractivity contribution in [2.75, 3.05) is 60.3 Å². The Morgan fingerprint density at radius 1 is 1.18 bits per heavy atom. The molecule has 11 nitrogen and oxygen atoms in total. The lowest BCUT2D eigenvalue weighted by Gasteiger charge is -2.35. The molecule has 2 aromatic heterocycles. The highest BCUT2D eigenvalue weighted by Gasteiger charge is 2.44. The number of hydrogen-bond acceptors (Lipinski definition) is 9. The van der Waals surface area contributed by atoms with E-state index in [0.717, 1.165) is 25.9 Å². The van der Waals surface area contributed by atoms with Crippen LogP contribution in [-0.2, 0) is 14.6 Å². The average molecular weight is 555 g/mol. The number of nitrogens with zero attached hydrogens (tertiary/aromatic N) is 5. The lowest BCUT2D eigenvalue weighted by molar-refractivity contribution is 0.0530. The summed E-state index contributed by atoms with van der Waals surface area (Å²) >= 11 is 0. The van der Waals surface area contributed by atoms with Gasteiger partial charge in [0.15, 0.2) is 27.1 Å². The number of benzene rings is 1. The molecule has 2 aliphatic heterocycles. The molecule has 3 aromatic rings. The zero-order valence-corrected chi connectivity index (χ0v) is 22.9. The number of imidazole rings is 1. The molecule has 1 aromatic carbocycles. The zero-order chi connectivity index (χ0) is 27.2. The number of aromatic nitrogens is 3. The fourth-order valence-electron chi connectivity index (χ4n) is 5.68. The Bertz CT molecular complexity index is 1490. The number of morpholine rings is 1. The number of carbonyl (C=O) groups excluding carboxylic acids is 1. The fourth-order valence-corrected chi connectivity index (χ4v) is 6.72. The molecule has 2 saturated heterocycles. The summed E-state index contributed by atoms with van der Waals surface area (Å²) < 4.78 is 33.0. The maximum absolute atomic E-state index is 13.7. The number of carbonyl (C=O) groups is 1. The van der Waals surface area contributed by atoms with E-state index < -0.39 is 16.4 Å². The molecule has 2 N–H and O–H groups in total. The molecule has 3 aliphatic rings. The summed E-state index contributed by atoms with van der Waals surface area (Å²) in [7, 11) is -3.67. The lowest BCUT2D eigenvalue weighted by Crippen LogP contribution is -2.41. The zero-order valence-electron chi connectivity index (χ0n) is 22.0. The van der Waals surface area contributed by atoms with Gasteiger partial charge in [-0.2, -0.15) is 0 Å². The van der Waals surface area contributed by atoms with Gasteiger partial charge in [-0.05, 0) is 56.2 Å². The van der Waals surface area contributed by atoms with Crippen molar-refractivity contribution in [3.8, 4) is 0 Å². The molecule has 1 spiro atoms. The fraction of sp³-hybridized carbons (Fsp3) is 0.519. The Labute approximate surface area is 227 Å². The number of nitrogens with one attached hydrogen (secondary N) is 1. The monoisotopic (exact) mass is 554 g/mol. The van der Waals surface area contributed by atoms with Gasteiger partial charge in [0.25, 0.3) is 5.91 Å². The minimum Gasteiger partial charge on any atom is -0.395 e. The molecule has 1 saturated carbocycles. The number of sulfone groups is 1. The second-order valence-corrected chi connectivity index (χ2v) is 13.0. The molecular weight excluding hydrogens is 520 g/mol. The van der Waals surface area contributed by atoms with E-state index in [0.29, 0.717) is 53.6 Å². The molecule has 0 bridgehead atoms. The number of ether oxygens (including phenoxy) is 1. The maximum Gasteiger partial charge on any atom is 0.258 e. The van der Waals surface area contributed by atoms with Gasteiger partial charge in [-0.15, -0.1) is 0 Å². The molecule has 6 rings (SSSR count). The highest BCUT2D eigenvalue weighted by atomic mass is 32.2. The molecule has 1 amide bonds. The summed E-state index contributed by atoms with van der Waals surface area (Å²) in [5.74, 6) is 0.317. The van der Waals surface area contributed by atoms with Crippen LogP contribution in [0, 0.1) is 5.41 Å². The van der Waals surface area contributed by atoms with Crippen molar-refractivity contribution in [1.29, 1.82) is 0 Å². The Hall–Kier alpha value is -3.22. The number of aliphatic hydroxyl groups excluding tert-OH is 1. The van der Waals surface area contributed by atoms with E-state index in [1.807, 2.05) is 17.5 Å². The van der Waals surface area contributed by atoms with Crippen molar-refractivity contribution >= 4 is 38.7 Å². The van der Waals surface area contributed by atoms with Crippen molar-refractivity contribution < 1.29 is 23.1 Å². The van der Waals surface area contributed by atoms with Gasteiger partial charge in [0.1, 0.15) is 0 Å². The normalized spacial score (nSPS) is 20.9. The molecule has 1 aliphatic carbocycles. The predicted molar refractivity (Wildman–Crippen MR) is 147 cm³/mol. The van der Waals surface area contributed by atoms with E-state index in [1.165, 1.54) is 18.9 Å². The summed E-state index contributed by atoms with van der Waals surface area (Å²) in [4.78, 5) is 27.3. The molecule has 208 valence electrons. The van der Waals surface area contributed by atoms with Gasteiger partial charge in [0, 0.05) is 38.6 Å². The van der Waals surface area contributed by atoms with Crippen LogP contribution in [0.1, 0.15) is 43.0 Å². The molecular formula is C27H34N6O5S. The van der Waals surface area contributed by atoms with E-state index in [1.54, 1.807) is 24.5 Å². The molecule has 39 heavy (non-hydrogen) atoms. The summed E-state index contributed by atoms with van der Waals surface area (Å²) in [6.07, 6.45) is 9.83. The summed E-state index contributed by atoms with van der Waals surface area (Å²) in [6, 6.07) is 4.59. The smallest absolute Gasteiger partial charge is 0.258 e. The number of hydrogen-bond donors (Lipinski definition) is 2. The first-order valence-electron chi connectivity index (χ1n) is 13.5. The molecule has 12 heteroatoms. The van der Waals surface area contributed by atoms with Crippen molar-refractivity contribution in [2.24, 2.45) is 5.41 Å². The van der Waals surface area contributed by atoms with Gasteiger partial charge in [0.05, 0.1) is 47.4 Å². The van der Waals surface area contributed by atoms with Crippen LogP contribution in [0.2, 0.25) is 0 Å². The Morgan fingerprint density at radius 3 is 2.69 bits per heavy atom. The number of anilines is 3. The molecule has 0 unspecified atom stereocenters. The summed E-state index contributed by atoms with van der Waals surface area (Å²) in [6.45, 7) is 5.00. The largest absolute Gasteiger partial charge is 0.395 e. The number of rotatable bonds is 7. The highest BCUT2D eigenvalue weighted by Crippen LogP contribution is 2.54. The second-order valence-electron chi connectivity index (χ2n) is 10.9. The molecule has 3 fully saturated rings. The van der Waals surface area contributed by atoms with Crippen molar-refractivity contribution in [3.05, 3.63) is 42.4 Å². The van der Waals surface area contributed by atoms with Gasteiger partial charge in [-0.1, -0.05) is 0 Å². The molecule has 1 atom stereocenters. The average Bonchev–Trinajstić information content (AvgIpc) is 3.50. The second kappa shape index (κ2) is 10.1. The first-order chi connectivity index (χ1) is 18.8. The van der Waals surface area contributed by atoms with Gasteiger partial charge in [-0.25, -0.2) is 18.4 Å². The number of amides is 1. The van der Waals surface area contributed by atoms with E-state index in [4.69, 9.17) is 9.72 Å². The topological polar surface area (TPSA) is 129 Å². The van der Waals surface area contributed by atoms with Gasteiger partial charge >= 0.3 is 0 Å². The Kier molecular flexibility index (Phi) is 6.72. The Balaban J connectivity index is 1.32. The highest BCUT2D eigenvalue weighted by molar-refractivity contribution is 7.91. The van der Waals surface area contributed by atoms with E-state index in [9.17, 15) is 18.3 Å². The maximum atomic E-state index is 13.7. The third-order valence-corrected chi connectivity index (χ3v) is 9.89. The van der Waals surface area contributed by atoms with Crippen molar-refractivity contribution in [3.63, 3.8) is 0 Å². The first-order valence-corrected chi connectivity index (χ1v) is 15.2. The number of aliphatic hydroxyl groups is 1. The van der Waals surface area contributed by atoms with Crippen LogP contribution in [0.25, 0.3) is 5.65 Å². The van der Waals surface area contributed by atoms with Crippen LogP contribution in [0.15, 0.2) is 41.7 Å². The van der Waals surface area contributed by atoms with Gasteiger partial charge in [-0.3, -0.25) is 4.79 Å². The van der Waals surface area contributed by atoms with Crippen molar-refractivity contribution in [2.45, 2.75) is 43.6 Å². The quantitative estimate of drug-likeness (QED) is 0.452. The standard InChI is InChI=1S/C27H34N6O5S/c1-19-17-33(12-14-38-19)25-24-28-8-11-32(24)18-23(29-25)30-26(35)21-3-2-20(39(36,37)15-13-34)16-22(21)31-9-6-27(4-5-27)7-10-31/h2-3,8,11,16,18-19,34H,4-7,9-10,12-15,17H2,1H3,(H,30,35)/t19-/m1/s1. The first kappa shape index (κ1) is 26.0. The summed E-state index contributed by atoms with van der Waals surface area (Å²) in [5.41, 5.74) is 2.10. The van der Waals surface area contributed by atoms with Crippen LogP contribution in [0.5, 0.6) is 0 Å². The van der Waals surface area contributed by atoms with E-state index >= 15 is 0 Å². The van der Waals surface area contributed by atoms with E-state index in [2.05, 4.69) is 20.1 Å². The minimum absolute atomic E-state index is 0.0521. The van der Waals surface area contributed by atoms with Crippen LogP contribution in [0.3, 0.4) is 0 Å². The third-order valence-electron chi connectivity index (χ3n) is 8.19. The van der Waals surface area contributed by atoms with Crippen LogP contribution >= 0.6 is 0 Å². The summed E-state index contributed by atoms with van der Waals surface area (Å²) in [5, 5.41) is 12.2. The number of fused-ring (bicyclic) bond motifs is 1. The number of piperidine rings is 1. The predicted octanol–water partition coefficient (Wildman–Crippen LogP) is 2.35. The van der Waals surface area contributed by atoms with Gasteiger partial charge < -0.3 is 29.4 Å². The van der Waals surface area contributed by atoms with Crippen molar-refractivity contribution in [1.82, 2.24) is 14.4 Å². The van der Waals surface area contributed by atoms with Crippen LogP contribution < -0.4 is 15.1 Å². The third kappa shape index (κ3) is 5.20.